The van der Waals surface area contributed by atoms with Crippen molar-refractivity contribution in [1.82, 2.24) is 15.3 Å². The van der Waals surface area contributed by atoms with Crippen molar-refractivity contribution in [3.8, 4) is 6.01 Å². The van der Waals surface area contributed by atoms with Gasteiger partial charge in [-0.05, 0) is 50.3 Å². The Morgan fingerprint density at radius 2 is 1.81 bits per heavy atom. The lowest BCUT2D eigenvalue weighted by atomic mass is 10.0. The average molecular weight is 502 g/mol. The molecule has 1 unspecified atom stereocenters. The Morgan fingerprint density at radius 1 is 1.03 bits per heavy atom. The average Bonchev–Trinajstić information content (AvgIpc) is 2.93. The molecule has 37 heavy (non-hydrogen) atoms. The first kappa shape index (κ1) is 26.8. The van der Waals surface area contributed by atoms with E-state index in [1.54, 1.807) is 0 Å². The van der Waals surface area contributed by atoms with E-state index in [0.29, 0.717) is 12.6 Å². The molecule has 1 aromatic heterocycles. The van der Waals surface area contributed by atoms with Gasteiger partial charge in [0.15, 0.2) is 0 Å². The Hall–Kier alpha value is -3.28. The summed E-state index contributed by atoms with van der Waals surface area (Å²) in [7, 11) is 0. The van der Waals surface area contributed by atoms with Crippen LogP contribution in [0.4, 0.5) is 11.5 Å². The van der Waals surface area contributed by atoms with Gasteiger partial charge in [-0.3, -0.25) is 0 Å². The molecule has 0 fully saturated rings. The number of anilines is 2. The van der Waals surface area contributed by atoms with E-state index in [0.717, 1.165) is 69.8 Å². The van der Waals surface area contributed by atoms with Crippen LogP contribution in [-0.4, -0.2) is 42.3 Å². The molecular weight excluding hydrogens is 458 g/mol. The van der Waals surface area contributed by atoms with Gasteiger partial charge in [-0.1, -0.05) is 69.7 Å². The minimum absolute atomic E-state index is 0.235. The minimum Gasteiger partial charge on any atom is -0.461 e. The summed E-state index contributed by atoms with van der Waals surface area (Å²) in [5.41, 5.74) is 3.64. The lowest BCUT2D eigenvalue weighted by Crippen LogP contribution is -2.35. The summed E-state index contributed by atoms with van der Waals surface area (Å²) in [6.07, 6.45) is 9.25. The van der Waals surface area contributed by atoms with Crippen molar-refractivity contribution in [2.45, 2.75) is 72.4 Å². The van der Waals surface area contributed by atoms with Crippen LogP contribution in [-0.2, 0) is 13.0 Å². The van der Waals surface area contributed by atoms with Crippen LogP contribution in [0.3, 0.4) is 0 Å². The van der Waals surface area contributed by atoms with Crippen molar-refractivity contribution in [3.05, 3.63) is 66.0 Å². The summed E-state index contributed by atoms with van der Waals surface area (Å²) in [6.45, 7) is 12.9. The highest BCUT2D eigenvalue weighted by molar-refractivity contribution is 5.94. The first-order valence-electron chi connectivity index (χ1n) is 14.1. The molecule has 0 spiro atoms. The van der Waals surface area contributed by atoms with Gasteiger partial charge < -0.3 is 19.9 Å². The zero-order chi connectivity index (χ0) is 26.0. The molecule has 2 heterocycles. The van der Waals surface area contributed by atoms with Crippen molar-refractivity contribution in [3.63, 3.8) is 0 Å². The monoisotopic (exact) mass is 501 g/mol. The maximum atomic E-state index is 6.28. The fourth-order valence-corrected chi connectivity index (χ4v) is 5.24. The molecule has 0 saturated heterocycles. The van der Waals surface area contributed by atoms with E-state index in [9.17, 15) is 0 Å². The molecule has 2 aromatic carbocycles. The molecule has 198 valence electrons. The quantitative estimate of drug-likeness (QED) is 0.289. The SMILES string of the molecule is C/C=C\NC(CCC)COc1nc2c(c(N(CCC)CCC)n1)CCN(c1cccc3ccccc13)C2. The molecule has 6 nitrogen and oxygen atoms in total. The Kier molecular flexibility index (Phi) is 9.64. The van der Waals surface area contributed by atoms with Crippen LogP contribution in [0.5, 0.6) is 6.01 Å². The van der Waals surface area contributed by atoms with E-state index in [-0.39, 0.29) is 6.04 Å². The third-order valence-electron chi connectivity index (χ3n) is 6.97. The van der Waals surface area contributed by atoms with Crippen LogP contribution in [0.25, 0.3) is 10.8 Å². The van der Waals surface area contributed by atoms with Crippen molar-refractivity contribution in [2.24, 2.45) is 0 Å². The van der Waals surface area contributed by atoms with Crippen LogP contribution >= 0.6 is 0 Å². The maximum absolute atomic E-state index is 6.28. The van der Waals surface area contributed by atoms with Crippen molar-refractivity contribution >= 4 is 22.3 Å². The highest BCUT2D eigenvalue weighted by Crippen LogP contribution is 2.34. The normalized spacial score (nSPS) is 14.1. The van der Waals surface area contributed by atoms with Gasteiger partial charge in [-0.25, -0.2) is 0 Å². The van der Waals surface area contributed by atoms with E-state index in [4.69, 9.17) is 14.7 Å². The van der Waals surface area contributed by atoms with E-state index in [1.165, 1.54) is 22.0 Å². The highest BCUT2D eigenvalue weighted by atomic mass is 16.5. The molecular formula is C31H43N5O. The van der Waals surface area contributed by atoms with Crippen LogP contribution in [0.2, 0.25) is 0 Å². The Bertz CT molecular complexity index is 1170. The molecule has 3 aromatic rings. The molecule has 1 aliphatic heterocycles. The van der Waals surface area contributed by atoms with Crippen LogP contribution < -0.4 is 19.9 Å². The summed E-state index contributed by atoms with van der Waals surface area (Å²) in [6, 6.07) is 15.9. The predicted octanol–water partition coefficient (Wildman–Crippen LogP) is 6.49. The minimum atomic E-state index is 0.235. The van der Waals surface area contributed by atoms with Crippen molar-refractivity contribution in [2.75, 3.05) is 36.0 Å². The van der Waals surface area contributed by atoms with Gasteiger partial charge in [0.05, 0.1) is 18.3 Å². The zero-order valence-corrected chi connectivity index (χ0v) is 23.0. The lowest BCUT2D eigenvalue weighted by Gasteiger charge is -2.34. The summed E-state index contributed by atoms with van der Waals surface area (Å²) in [4.78, 5) is 14.9. The number of hydrogen-bond donors (Lipinski definition) is 1. The number of allylic oxidation sites excluding steroid dienone is 1. The molecule has 4 rings (SSSR count). The second-order valence-electron chi connectivity index (χ2n) is 9.88. The number of nitrogens with zero attached hydrogens (tertiary/aromatic N) is 4. The zero-order valence-electron chi connectivity index (χ0n) is 23.0. The molecule has 6 heteroatoms. The fourth-order valence-electron chi connectivity index (χ4n) is 5.24. The number of rotatable bonds is 13. The standard InChI is InChI=1S/C31H43N5O/c1-5-12-25(32-18-6-2)23-37-31-33-28-22-36(29-16-11-14-24-13-9-10-15-26(24)29)21-17-27(28)30(34-31)35(19-7-3)20-8-4/h6,9-11,13-16,18,25,32H,5,7-8,12,17,19-23H2,1-4H3/b18-6-. The molecule has 0 saturated carbocycles. The van der Waals surface area contributed by atoms with Crippen LogP contribution in [0.15, 0.2) is 54.7 Å². The lowest BCUT2D eigenvalue weighted by molar-refractivity contribution is 0.247. The molecule has 0 amide bonds. The van der Waals surface area contributed by atoms with Gasteiger partial charge in [0.2, 0.25) is 0 Å². The summed E-state index contributed by atoms with van der Waals surface area (Å²) >= 11 is 0. The fraction of sp³-hybridized carbons (Fsp3) is 0.484. The smallest absolute Gasteiger partial charge is 0.318 e. The van der Waals surface area contributed by atoms with Crippen LogP contribution in [0.1, 0.15) is 64.6 Å². The van der Waals surface area contributed by atoms with Gasteiger partial charge in [-0.2, -0.15) is 9.97 Å². The van der Waals surface area contributed by atoms with Gasteiger partial charge in [0.1, 0.15) is 12.4 Å². The second-order valence-corrected chi connectivity index (χ2v) is 9.88. The first-order valence-corrected chi connectivity index (χ1v) is 14.1. The van der Waals surface area contributed by atoms with Gasteiger partial charge in [0.25, 0.3) is 0 Å². The number of nitrogens with one attached hydrogen (secondary N) is 1. The number of aromatic nitrogens is 2. The highest BCUT2D eigenvalue weighted by Gasteiger charge is 2.26. The van der Waals surface area contributed by atoms with Crippen LogP contribution in [0, 0.1) is 0 Å². The topological polar surface area (TPSA) is 53.5 Å². The summed E-state index contributed by atoms with van der Waals surface area (Å²) < 4.78 is 6.28. The van der Waals surface area contributed by atoms with E-state index < -0.39 is 0 Å². The largest absolute Gasteiger partial charge is 0.461 e. The molecule has 1 aliphatic rings. The van der Waals surface area contributed by atoms with E-state index >= 15 is 0 Å². The summed E-state index contributed by atoms with van der Waals surface area (Å²) in [5.74, 6) is 1.06. The first-order chi connectivity index (χ1) is 18.2. The molecule has 0 bridgehead atoms. The molecule has 1 atom stereocenters. The number of hydrogen-bond acceptors (Lipinski definition) is 6. The second kappa shape index (κ2) is 13.3. The van der Waals surface area contributed by atoms with Crippen molar-refractivity contribution in [1.29, 1.82) is 0 Å². The van der Waals surface area contributed by atoms with Crippen molar-refractivity contribution < 1.29 is 4.74 Å². The predicted molar refractivity (Wildman–Crippen MR) is 156 cm³/mol. The number of ether oxygens (including phenoxy) is 1. The third kappa shape index (κ3) is 6.54. The third-order valence-corrected chi connectivity index (χ3v) is 6.97. The van der Waals surface area contributed by atoms with Gasteiger partial charge in [-0.15, -0.1) is 0 Å². The molecule has 0 radical (unpaired) electrons. The Morgan fingerprint density at radius 3 is 2.57 bits per heavy atom. The van der Waals surface area contributed by atoms with E-state index in [2.05, 4.69) is 78.4 Å². The Balaban J connectivity index is 1.66. The molecule has 0 aliphatic carbocycles. The Labute approximate surface area is 222 Å². The maximum Gasteiger partial charge on any atom is 0.318 e. The van der Waals surface area contributed by atoms with E-state index in [1.807, 2.05) is 19.2 Å². The summed E-state index contributed by atoms with van der Waals surface area (Å²) in [5, 5.41) is 6.00. The van der Waals surface area contributed by atoms with Gasteiger partial charge >= 0.3 is 6.01 Å². The molecule has 1 N–H and O–H groups in total. The number of fused-ring (bicyclic) bond motifs is 2. The van der Waals surface area contributed by atoms with Gasteiger partial charge in [0, 0.05) is 36.3 Å². The number of benzene rings is 2.